The molecule has 2 aliphatic heterocycles. The number of hydrogen-bond donors (Lipinski definition) is 1. The van der Waals surface area contributed by atoms with Gasteiger partial charge >= 0.3 is 0 Å². The van der Waals surface area contributed by atoms with Crippen LogP contribution < -0.4 is 30.1 Å². The Bertz CT molecular complexity index is 1140. The van der Waals surface area contributed by atoms with Crippen LogP contribution in [-0.2, 0) is 4.79 Å². The Morgan fingerprint density at radius 1 is 1.10 bits per heavy atom. The summed E-state index contributed by atoms with van der Waals surface area (Å²) in [5.41, 5.74) is 1.10. The average Bonchev–Trinajstić information content (AvgIpc) is 2.81. The number of hydrogen-bond acceptors (Lipinski definition) is 8. The minimum atomic E-state index is -0.649. The number of fused-ring (bicyclic) bond motifs is 2. The van der Waals surface area contributed by atoms with E-state index in [9.17, 15) is 4.79 Å². The number of ether oxygens (including phenoxy) is 3. The van der Waals surface area contributed by atoms with Crippen molar-refractivity contribution in [3.63, 3.8) is 0 Å². The SMILES string of the molecule is CCCSC1=NN2C(=c3ccccc3=N[C@H]2c2c(OC)cc(OC)cc2OC)C(=O)N1. The third-order valence-electron chi connectivity index (χ3n) is 4.97. The Balaban J connectivity index is 1.97. The highest BCUT2D eigenvalue weighted by molar-refractivity contribution is 8.13. The number of hydrazone groups is 1. The van der Waals surface area contributed by atoms with E-state index in [0.29, 0.717) is 39.0 Å². The molecule has 31 heavy (non-hydrogen) atoms. The monoisotopic (exact) mass is 440 g/mol. The second-order valence-electron chi connectivity index (χ2n) is 6.87. The Hall–Kier alpha value is -3.20. The first kappa shape index (κ1) is 21.0. The lowest BCUT2D eigenvalue weighted by Gasteiger charge is -2.35. The van der Waals surface area contributed by atoms with Crippen LogP contribution in [0.5, 0.6) is 17.2 Å². The van der Waals surface area contributed by atoms with Gasteiger partial charge in [-0.15, -0.1) is 5.10 Å². The number of carbonyl (C=O) groups is 1. The first-order valence-electron chi connectivity index (χ1n) is 9.90. The van der Waals surface area contributed by atoms with Crippen LogP contribution in [0.4, 0.5) is 0 Å². The molecule has 2 aromatic carbocycles. The lowest BCUT2D eigenvalue weighted by Crippen LogP contribution is -2.50. The van der Waals surface area contributed by atoms with E-state index in [2.05, 4.69) is 12.2 Å². The number of amides is 1. The molecule has 2 aliphatic rings. The van der Waals surface area contributed by atoms with Crippen LogP contribution in [0.1, 0.15) is 25.1 Å². The summed E-state index contributed by atoms with van der Waals surface area (Å²) in [6.07, 6.45) is 0.316. The first-order valence-corrected chi connectivity index (χ1v) is 10.9. The van der Waals surface area contributed by atoms with E-state index >= 15 is 0 Å². The van der Waals surface area contributed by atoms with Gasteiger partial charge in [0.2, 0.25) is 0 Å². The van der Waals surface area contributed by atoms with Crippen molar-refractivity contribution < 1.29 is 19.0 Å². The van der Waals surface area contributed by atoms with E-state index < -0.39 is 6.17 Å². The summed E-state index contributed by atoms with van der Waals surface area (Å²) in [6, 6.07) is 11.1. The van der Waals surface area contributed by atoms with Gasteiger partial charge < -0.3 is 14.2 Å². The number of methoxy groups -OCH3 is 3. The van der Waals surface area contributed by atoms with Gasteiger partial charge in [0, 0.05) is 23.1 Å². The molecule has 0 bridgehead atoms. The lowest BCUT2D eigenvalue weighted by atomic mass is 10.1. The zero-order valence-electron chi connectivity index (χ0n) is 17.8. The molecule has 162 valence electrons. The number of amidine groups is 1. The van der Waals surface area contributed by atoms with E-state index in [1.807, 2.05) is 24.3 Å². The molecule has 2 heterocycles. The van der Waals surface area contributed by atoms with Gasteiger partial charge in [-0.05, 0) is 12.5 Å². The average molecular weight is 441 g/mol. The van der Waals surface area contributed by atoms with Crippen molar-refractivity contribution >= 4 is 28.5 Å². The van der Waals surface area contributed by atoms with Crippen LogP contribution in [0.3, 0.4) is 0 Å². The molecule has 0 spiro atoms. The molecule has 1 amide bonds. The van der Waals surface area contributed by atoms with Crippen molar-refractivity contribution in [3.05, 3.63) is 52.5 Å². The quantitative estimate of drug-likeness (QED) is 0.740. The summed E-state index contributed by atoms with van der Waals surface area (Å²) in [5, 5.41) is 11.3. The minimum absolute atomic E-state index is 0.215. The smallest absolute Gasteiger partial charge is 0.276 e. The highest BCUT2D eigenvalue weighted by Gasteiger charge is 2.37. The number of nitrogens with one attached hydrogen (secondary N) is 1. The molecule has 0 aromatic heterocycles. The van der Waals surface area contributed by atoms with Crippen molar-refractivity contribution in [2.75, 3.05) is 27.1 Å². The van der Waals surface area contributed by atoms with Crippen molar-refractivity contribution in [2.45, 2.75) is 19.5 Å². The maximum Gasteiger partial charge on any atom is 0.276 e. The fourth-order valence-electron chi connectivity index (χ4n) is 3.57. The molecule has 0 saturated carbocycles. The number of rotatable bonds is 6. The van der Waals surface area contributed by atoms with E-state index in [0.717, 1.165) is 17.4 Å². The van der Waals surface area contributed by atoms with Crippen molar-refractivity contribution in [2.24, 2.45) is 10.1 Å². The third kappa shape index (κ3) is 3.81. The van der Waals surface area contributed by atoms with Crippen molar-refractivity contribution in [1.29, 1.82) is 0 Å². The fraction of sp³-hybridized carbons (Fsp3) is 0.318. The van der Waals surface area contributed by atoms with Crippen molar-refractivity contribution in [1.82, 2.24) is 10.3 Å². The second-order valence-corrected chi connectivity index (χ2v) is 7.95. The van der Waals surface area contributed by atoms with Crippen LogP contribution >= 0.6 is 11.8 Å². The molecule has 1 N–H and O–H groups in total. The van der Waals surface area contributed by atoms with Gasteiger partial charge in [-0.2, -0.15) is 0 Å². The summed E-state index contributed by atoms with van der Waals surface area (Å²) < 4.78 is 16.7. The van der Waals surface area contributed by atoms with Crippen LogP contribution in [0.25, 0.3) is 5.70 Å². The molecular weight excluding hydrogens is 416 g/mol. The lowest BCUT2D eigenvalue weighted by molar-refractivity contribution is -0.116. The molecule has 8 nitrogen and oxygen atoms in total. The van der Waals surface area contributed by atoms with Gasteiger partial charge in [0.15, 0.2) is 11.3 Å². The number of para-hydroxylation sites is 1. The molecule has 0 radical (unpaired) electrons. The second kappa shape index (κ2) is 8.89. The summed E-state index contributed by atoms with van der Waals surface area (Å²) in [6.45, 7) is 2.08. The Labute approximate surface area is 184 Å². The Morgan fingerprint density at radius 3 is 2.45 bits per heavy atom. The third-order valence-corrected chi connectivity index (χ3v) is 6.04. The maximum atomic E-state index is 13.1. The topological polar surface area (TPSA) is 84.8 Å². The Kier molecular flexibility index (Phi) is 6.03. The minimum Gasteiger partial charge on any atom is -0.496 e. The van der Waals surface area contributed by atoms with E-state index in [4.69, 9.17) is 24.3 Å². The molecule has 2 aromatic rings. The molecule has 4 rings (SSSR count). The first-order chi connectivity index (χ1) is 15.1. The highest BCUT2D eigenvalue weighted by Crippen LogP contribution is 2.43. The van der Waals surface area contributed by atoms with E-state index in [1.54, 1.807) is 38.5 Å². The predicted molar refractivity (Wildman–Crippen MR) is 120 cm³/mol. The van der Waals surface area contributed by atoms with Gasteiger partial charge in [-0.25, -0.2) is 5.01 Å². The molecule has 0 saturated heterocycles. The fourth-order valence-corrected chi connectivity index (χ4v) is 4.27. The number of nitrogens with zero attached hydrogens (tertiary/aromatic N) is 3. The normalized spacial score (nSPS) is 17.1. The number of benzene rings is 2. The van der Waals surface area contributed by atoms with Crippen molar-refractivity contribution in [3.8, 4) is 17.2 Å². The van der Waals surface area contributed by atoms with Crippen LogP contribution in [0, 0.1) is 0 Å². The molecule has 0 aliphatic carbocycles. The highest BCUT2D eigenvalue weighted by atomic mass is 32.2. The molecular formula is C22H24N4O4S. The summed E-state index contributed by atoms with van der Waals surface area (Å²) in [4.78, 5) is 18.1. The van der Waals surface area contributed by atoms with Gasteiger partial charge in [-0.1, -0.05) is 36.9 Å². The van der Waals surface area contributed by atoms with Gasteiger partial charge in [0.1, 0.15) is 22.9 Å². The zero-order chi connectivity index (χ0) is 22.0. The maximum absolute atomic E-state index is 13.1. The van der Waals surface area contributed by atoms with E-state index in [1.165, 1.54) is 11.8 Å². The standard InChI is InChI=1S/C22H24N4O4S/c1-5-10-31-22-24-21(27)19-14-8-6-7-9-15(14)23-20(26(19)25-22)18-16(29-3)11-13(28-2)12-17(18)30-4/h6-9,11-12,20H,5,10H2,1-4H3,(H,24,25,27)/t20-/m1/s1. The van der Waals surface area contributed by atoms with E-state index in [-0.39, 0.29) is 5.91 Å². The molecule has 1 atom stereocenters. The molecule has 9 heteroatoms. The number of thioether (sulfide) groups is 1. The van der Waals surface area contributed by atoms with Crippen LogP contribution in [0.15, 0.2) is 46.5 Å². The van der Waals surface area contributed by atoms with Crippen LogP contribution in [-0.4, -0.2) is 43.2 Å². The largest absolute Gasteiger partial charge is 0.496 e. The summed E-state index contributed by atoms with van der Waals surface area (Å²) >= 11 is 1.50. The summed E-state index contributed by atoms with van der Waals surface area (Å²) in [7, 11) is 4.74. The van der Waals surface area contributed by atoms with Crippen LogP contribution in [0.2, 0.25) is 0 Å². The molecule has 0 fully saturated rings. The number of carbonyl (C=O) groups excluding carboxylic acids is 1. The Morgan fingerprint density at radius 2 is 1.81 bits per heavy atom. The zero-order valence-corrected chi connectivity index (χ0v) is 18.7. The summed E-state index contributed by atoms with van der Waals surface area (Å²) in [5.74, 6) is 2.29. The van der Waals surface area contributed by atoms with Gasteiger partial charge in [0.25, 0.3) is 5.91 Å². The van der Waals surface area contributed by atoms with Gasteiger partial charge in [-0.3, -0.25) is 15.1 Å². The molecule has 0 unspecified atom stereocenters. The van der Waals surface area contributed by atoms with Gasteiger partial charge in [0.05, 0.1) is 32.3 Å². The predicted octanol–water partition coefficient (Wildman–Crippen LogP) is 2.00.